The Morgan fingerprint density at radius 3 is 1.75 bits per heavy atom. The van der Waals surface area contributed by atoms with Gasteiger partial charge in [-0.25, -0.2) is 0 Å². The topological polar surface area (TPSA) is 0 Å². The smallest absolute Gasteiger partial charge is 0.322 e. The second kappa shape index (κ2) is 4.12. The third-order valence-electron chi connectivity index (χ3n) is 4.29. The van der Waals surface area contributed by atoms with E-state index in [9.17, 15) is 0 Å². The minimum atomic E-state index is 0. The van der Waals surface area contributed by atoms with Crippen LogP contribution in [0.1, 0.15) is 38.5 Å². The average molecular weight is 235 g/mol. The summed E-state index contributed by atoms with van der Waals surface area (Å²) in [5.74, 6) is 4.40. The van der Waals surface area contributed by atoms with E-state index in [2.05, 4.69) is 6.42 Å². The Balaban J connectivity index is 0.000000563. The Bertz CT molecular complexity index is 148. The van der Waals surface area contributed by atoms with Gasteiger partial charge in [0.15, 0.2) is 0 Å². The summed E-state index contributed by atoms with van der Waals surface area (Å²) in [5, 5.41) is 0. The molecule has 0 amide bonds. The van der Waals surface area contributed by atoms with Crippen LogP contribution in [0.3, 0.4) is 0 Å². The Hall–Kier alpha value is 1.81. The van der Waals surface area contributed by atoms with Crippen molar-refractivity contribution in [1.29, 1.82) is 0 Å². The summed E-state index contributed by atoms with van der Waals surface area (Å²) in [5.41, 5.74) is 0. The maximum absolute atomic E-state index is 2.72. The molecule has 1 heteroatoms. The fraction of sp³-hybridized carbons (Fsp3) is 0.909. The van der Waals surface area contributed by atoms with Gasteiger partial charge >= 0.3 is 58.2 Å². The van der Waals surface area contributed by atoms with Gasteiger partial charge in [-0.05, 0) is 0 Å². The summed E-state index contributed by atoms with van der Waals surface area (Å²) in [6.45, 7) is 0. The van der Waals surface area contributed by atoms with Gasteiger partial charge in [0, 0.05) is 0 Å². The van der Waals surface area contributed by atoms with E-state index in [1.165, 1.54) is 25.7 Å². The molecule has 0 heterocycles. The molecule has 0 bridgehead atoms. The molecule has 0 aromatic heterocycles. The monoisotopic (exact) mass is 234 g/mol. The van der Waals surface area contributed by atoms with Crippen molar-refractivity contribution in [3.8, 4) is 0 Å². The molecule has 3 saturated carbocycles. The van der Waals surface area contributed by atoms with Gasteiger partial charge in [-0.15, -0.1) is 0 Å². The second-order valence-electron chi connectivity index (χ2n) is 4.71. The predicted octanol–water partition coefficient (Wildman–Crippen LogP) is 0.0409. The van der Waals surface area contributed by atoms with Gasteiger partial charge < -0.3 is 6.42 Å². The van der Waals surface area contributed by atoms with Crippen LogP contribution in [0, 0.1) is 30.1 Å². The fourth-order valence-corrected chi connectivity index (χ4v) is 3.89. The van der Waals surface area contributed by atoms with Crippen molar-refractivity contribution in [3.05, 3.63) is 6.42 Å². The molecule has 3 aliphatic rings. The third-order valence-corrected chi connectivity index (χ3v) is 4.29. The first-order valence-corrected chi connectivity index (χ1v) is 5.30. The van der Waals surface area contributed by atoms with E-state index in [1.54, 1.807) is 12.8 Å². The summed E-state index contributed by atoms with van der Waals surface area (Å²) in [7, 11) is 0. The van der Waals surface area contributed by atoms with Gasteiger partial charge in [0.25, 0.3) is 0 Å². The SMILES string of the molecule is [CH-]1C2CCCC2C2CCCC12.[Rb+]. The van der Waals surface area contributed by atoms with Crippen LogP contribution in [0.5, 0.6) is 0 Å². The number of fused-ring (bicyclic) bond motifs is 3. The number of hydrogen-bond acceptors (Lipinski definition) is 0. The van der Waals surface area contributed by atoms with Gasteiger partial charge in [-0.3, -0.25) is 0 Å². The molecule has 0 nitrogen and oxygen atoms in total. The van der Waals surface area contributed by atoms with Gasteiger partial charge in [-0.2, -0.15) is 11.8 Å². The van der Waals surface area contributed by atoms with Crippen LogP contribution < -0.4 is 58.2 Å². The van der Waals surface area contributed by atoms with Gasteiger partial charge in [-0.1, -0.05) is 50.4 Å². The number of rotatable bonds is 0. The standard InChI is InChI=1S/C11H17.Rb/c1-3-8-7-9-4-2-6-11(9)10(8)5-1;/h7-11H,1-6H2;/q-1;+1. The van der Waals surface area contributed by atoms with Gasteiger partial charge in [0.2, 0.25) is 0 Å². The molecule has 3 aliphatic carbocycles. The van der Waals surface area contributed by atoms with Crippen molar-refractivity contribution in [2.24, 2.45) is 23.7 Å². The van der Waals surface area contributed by atoms with E-state index in [0.29, 0.717) is 0 Å². The van der Waals surface area contributed by atoms with E-state index < -0.39 is 0 Å². The molecule has 0 spiro atoms. The van der Waals surface area contributed by atoms with Crippen molar-refractivity contribution in [2.45, 2.75) is 38.5 Å². The van der Waals surface area contributed by atoms with Gasteiger partial charge in [0.1, 0.15) is 0 Å². The molecule has 3 rings (SSSR count). The molecule has 0 radical (unpaired) electrons. The molecule has 0 aromatic rings. The van der Waals surface area contributed by atoms with Crippen LogP contribution in [0.2, 0.25) is 0 Å². The van der Waals surface area contributed by atoms with Gasteiger partial charge in [0.05, 0.1) is 0 Å². The second-order valence-corrected chi connectivity index (χ2v) is 4.71. The molecule has 0 N–H and O–H groups in total. The van der Waals surface area contributed by atoms with E-state index in [0.717, 1.165) is 23.7 Å². The Kier molecular flexibility index (Phi) is 3.55. The molecule has 3 fully saturated rings. The van der Waals surface area contributed by atoms with Crippen molar-refractivity contribution < 1.29 is 58.2 Å². The summed E-state index contributed by atoms with van der Waals surface area (Å²) in [6.07, 6.45) is 11.9. The zero-order valence-electron chi connectivity index (χ0n) is 8.13. The molecule has 0 aromatic carbocycles. The van der Waals surface area contributed by atoms with Crippen molar-refractivity contribution >= 4 is 0 Å². The average Bonchev–Trinajstić information content (AvgIpc) is 2.52. The molecule has 12 heavy (non-hydrogen) atoms. The first-order valence-electron chi connectivity index (χ1n) is 5.30. The Morgan fingerprint density at radius 2 is 1.25 bits per heavy atom. The van der Waals surface area contributed by atoms with Crippen molar-refractivity contribution in [2.75, 3.05) is 0 Å². The summed E-state index contributed by atoms with van der Waals surface area (Å²) in [6, 6.07) is 0. The maximum Gasteiger partial charge on any atom is 1.00 e. The zero-order chi connectivity index (χ0) is 7.26. The largest absolute Gasteiger partial charge is 1.00 e. The van der Waals surface area contributed by atoms with Crippen LogP contribution in [0.15, 0.2) is 0 Å². The maximum atomic E-state index is 2.72. The molecule has 62 valence electrons. The van der Waals surface area contributed by atoms with Crippen molar-refractivity contribution in [3.63, 3.8) is 0 Å². The van der Waals surface area contributed by atoms with Crippen LogP contribution in [-0.4, -0.2) is 0 Å². The quantitative estimate of drug-likeness (QED) is 0.520. The molecule has 0 saturated heterocycles. The van der Waals surface area contributed by atoms with Crippen LogP contribution in [0.4, 0.5) is 0 Å². The Labute approximate surface area is 125 Å². The molecule has 4 unspecified atom stereocenters. The minimum Gasteiger partial charge on any atom is -0.322 e. The zero-order valence-corrected chi connectivity index (χ0v) is 13.0. The van der Waals surface area contributed by atoms with Crippen molar-refractivity contribution in [1.82, 2.24) is 0 Å². The molecular weight excluding hydrogens is 218 g/mol. The number of hydrogen-bond donors (Lipinski definition) is 0. The third kappa shape index (κ3) is 1.55. The van der Waals surface area contributed by atoms with E-state index >= 15 is 0 Å². The minimum absolute atomic E-state index is 0. The van der Waals surface area contributed by atoms with E-state index in [4.69, 9.17) is 0 Å². The fourth-order valence-electron chi connectivity index (χ4n) is 3.89. The first kappa shape index (κ1) is 10.3. The summed E-state index contributed by atoms with van der Waals surface area (Å²) in [4.78, 5) is 0. The van der Waals surface area contributed by atoms with Crippen LogP contribution >= 0.6 is 0 Å². The normalized spacial score (nSPS) is 50.0. The van der Waals surface area contributed by atoms with E-state index in [1.807, 2.05) is 0 Å². The summed E-state index contributed by atoms with van der Waals surface area (Å²) < 4.78 is 0. The van der Waals surface area contributed by atoms with Crippen LogP contribution in [0.25, 0.3) is 0 Å². The van der Waals surface area contributed by atoms with E-state index in [-0.39, 0.29) is 58.2 Å². The summed E-state index contributed by atoms with van der Waals surface area (Å²) >= 11 is 0. The first-order chi connectivity index (χ1) is 5.45. The van der Waals surface area contributed by atoms with Crippen LogP contribution in [-0.2, 0) is 0 Å². The molecule has 0 aliphatic heterocycles. The Morgan fingerprint density at radius 1 is 0.750 bits per heavy atom. The predicted molar refractivity (Wildman–Crippen MR) is 46.0 cm³/mol. The molecule has 4 atom stereocenters. The molecular formula is C11H17Rb.